The third kappa shape index (κ3) is 3.04. The van der Waals surface area contributed by atoms with Crippen molar-refractivity contribution in [3.63, 3.8) is 0 Å². The van der Waals surface area contributed by atoms with Crippen molar-refractivity contribution >= 4 is 11.9 Å². The van der Waals surface area contributed by atoms with E-state index in [1.165, 1.54) is 0 Å². The lowest BCUT2D eigenvalue weighted by molar-refractivity contribution is -0.149. The van der Waals surface area contributed by atoms with Crippen molar-refractivity contribution in [3.05, 3.63) is 0 Å². The fourth-order valence-electron chi connectivity index (χ4n) is 1.85. The molecule has 100 valence electrons. The van der Waals surface area contributed by atoms with Crippen LogP contribution in [0.25, 0.3) is 0 Å². The van der Waals surface area contributed by atoms with Gasteiger partial charge in [0.05, 0.1) is 5.92 Å². The molecule has 1 fully saturated rings. The van der Waals surface area contributed by atoms with E-state index < -0.39 is 23.5 Å². The van der Waals surface area contributed by atoms with Crippen LogP contribution in [0.4, 0.5) is 0 Å². The number of carboxylic acid groups (broad SMARTS) is 1. The average Bonchev–Trinajstić information content (AvgIpc) is 2.77. The molecule has 0 aromatic heterocycles. The summed E-state index contributed by atoms with van der Waals surface area (Å²) in [6, 6.07) is 0. The zero-order valence-electron chi connectivity index (χ0n) is 11.5. The Bertz CT molecular complexity index is 423. The fourth-order valence-corrected chi connectivity index (χ4v) is 1.85. The Labute approximate surface area is 108 Å². The maximum Gasteiger partial charge on any atom is 0.384 e. The number of carbonyl (C=O) groups excluding carboxylic acids is 1. The van der Waals surface area contributed by atoms with Crippen molar-refractivity contribution in [2.24, 2.45) is 17.3 Å². The Hall–Kier alpha value is -1.50. The van der Waals surface area contributed by atoms with E-state index in [0.29, 0.717) is 6.42 Å². The molecule has 1 N–H and O–H groups in total. The molecule has 0 saturated heterocycles. The minimum Gasteiger partial charge on any atom is -0.481 e. The molecule has 1 aliphatic carbocycles. The first kappa shape index (κ1) is 14.6. The molecule has 2 atom stereocenters. The molecular formula is C14H20O4. The second-order valence-electron chi connectivity index (χ2n) is 5.89. The lowest BCUT2D eigenvalue weighted by atomic mass is 10.1. The van der Waals surface area contributed by atoms with Crippen LogP contribution in [0.2, 0.25) is 0 Å². The zero-order valence-corrected chi connectivity index (χ0v) is 11.5. The molecule has 1 saturated carbocycles. The summed E-state index contributed by atoms with van der Waals surface area (Å²) in [6.07, 6.45) is 0.701. The summed E-state index contributed by atoms with van der Waals surface area (Å²) >= 11 is 0. The maximum atomic E-state index is 11.5. The van der Waals surface area contributed by atoms with Gasteiger partial charge in [-0.05, 0) is 25.7 Å². The molecule has 18 heavy (non-hydrogen) atoms. The summed E-state index contributed by atoms with van der Waals surface area (Å²) in [5.74, 6) is 2.91. The van der Waals surface area contributed by atoms with Crippen LogP contribution in [0.1, 0.15) is 41.0 Å². The van der Waals surface area contributed by atoms with Crippen LogP contribution >= 0.6 is 0 Å². The van der Waals surface area contributed by atoms with Crippen molar-refractivity contribution in [1.82, 2.24) is 0 Å². The normalized spacial score (nSPS) is 24.7. The topological polar surface area (TPSA) is 63.6 Å². The highest BCUT2D eigenvalue weighted by molar-refractivity contribution is 5.89. The number of rotatable bonds is 3. The first-order chi connectivity index (χ1) is 8.12. The van der Waals surface area contributed by atoms with Gasteiger partial charge in [-0.3, -0.25) is 4.79 Å². The van der Waals surface area contributed by atoms with Crippen molar-refractivity contribution in [2.45, 2.75) is 46.6 Å². The molecule has 0 aromatic carbocycles. The lowest BCUT2D eigenvalue weighted by Gasteiger charge is -2.21. The SMILES string of the molecule is CCC(C)(C)OC(=O)C#CC1C(C(=O)O)C1(C)C. The van der Waals surface area contributed by atoms with Crippen molar-refractivity contribution in [2.75, 3.05) is 0 Å². The van der Waals surface area contributed by atoms with Gasteiger partial charge in [-0.15, -0.1) is 0 Å². The monoisotopic (exact) mass is 252 g/mol. The van der Waals surface area contributed by atoms with E-state index >= 15 is 0 Å². The minimum atomic E-state index is -0.860. The second kappa shape index (κ2) is 4.64. The Balaban J connectivity index is 2.63. The van der Waals surface area contributed by atoms with Gasteiger partial charge in [-0.25, -0.2) is 4.79 Å². The van der Waals surface area contributed by atoms with E-state index in [0.717, 1.165) is 0 Å². The Morgan fingerprint density at radius 2 is 1.94 bits per heavy atom. The zero-order chi connectivity index (χ0) is 14.1. The molecule has 1 rings (SSSR count). The molecule has 0 bridgehead atoms. The van der Waals surface area contributed by atoms with Crippen LogP contribution in [0.15, 0.2) is 0 Å². The Morgan fingerprint density at radius 3 is 2.33 bits per heavy atom. The fraction of sp³-hybridized carbons (Fsp3) is 0.714. The molecule has 0 aromatic rings. The van der Waals surface area contributed by atoms with E-state index in [1.807, 2.05) is 34.6 Å². The molecule has 1 aliphatic rings. The van der Waals surface area contributed by atoms with Crippen molar-refractivity contribution in [3.8, 4) is 11.8 Å². The summed E-state index contributed by atoms with van der Waals surface area (Å²) < 4.78 is 5.17. The number of esters is 1. The molecule has 0 aliphatic heterocycles. The summed E-state index contributed by atoms with van der Waals surface area (Å²) in [5, 5.41) is 8.97. The summed E-state index contributed by atoms with van der Waals surface area (Å²) in [4.78, 5) is 22.4. The molecule has 4 heteroatoms. The molecular weight excluding hydrogens is 232 g/mol. The molecule has 0 spiro atoms. The second-order valence-corrected chi connectivity index (χ2v) is 5.89. The van der Waals surface area contributed by atoms with Gasteiger partial charge in [-0.2, -0.15) is 0 Å². The lowest BCUT2D eigenvalue weighted by Crippen LogP contribution is -2.26. The molecule has 0 heterocycles. The number of hydrogen-bond donors (Lipinski definition) is 1. The van der Waals surface area contributed by atoms with Gasteiger partial charge in [0, 0.05) is 11.8 Å². The average molecular weight is 252 g/mol. The van der Waals surface area contributed by atoms with Gasteiger partial charge in [0.15, 0.2) is 0 Å². The largest absolute Gasteiger partial charge is 0.481 e. The van der Waals surface area contributed by atoms with Gasteiger partial charge in [0.1, 0.15) is 5.60 Å². The third-order valence-corrected chi connectivity index (χ3v) is 3.64. The third-order valence-electron chi connectivity index (χ3n) is 3.64. The highest BCUT2D eigenvalue weighted by Gasteiger charge is 2.61. The predicted molar refractivity (Wildman–Crippen MR) is 66.6 cm³/mol. The minimum absolute atomic E-state index is 0.271. The molecule has 0 radical (unpaired) electrons. The van der Waals surface area contributed by atoms with Crippen LogP contribution in [0.5, 0.6) is 0 Å². The maximum absolute atomic E-state index is 11.5. The number of carbonyl (C=O) groups is 2. The van der Waals surface area contributed by atoms with Crippen LogP contribution in [-0.2, 0) is 14.3 Å². The Morgan fingerprint density at radius 1 is 1.39 bits per heavy atom. The van der Waals surface area contributed by atoms with E-state index in [9.17, 15) is 9.59 Å². The Kier molecular flexibility index (Phi) is 3.75. The number of aliphatic carboxylic acids is 1. The number of hydrogen-bond acceptors (Lipinski definition) is 3. The van der Waals surface area contributed by atoms with Crippen LogP contribution in [-0.4, -0.2) is 22.6 Å². The number of carboxylic acids is 1. The van der Waals surface area contributed by atoms with Crippen molar-refractivity contribution < 1.29 is 19.4 Å². The van der Waals surface area contributed by atoms with Crippen LogP contribution < -0.4 is 0 Å². The van der Waals surface area contributed by atoms with Gasteiger partial charge >= 0.3 is 11.9 Å². The van der Waals surface area contributed by atoms with Gasteiger partial charge in [0.2, 0.25) is 0 Å². The molecule has 2 unspecified atom stereocenters. The van der Waals surface area contributed by atoms with E-state index in [-0.39, 0.29) is 11.3 Å². The van der Waals surface area contributed by atoms with Gasteiger partial charge < -0.3 is 9.84 Å². The van der Waals surface area contributed by atoms with Crippen LogP contribution in [0.3, 0.4) is 0 Å². The van der Waals surface area contributed by atoms with E-state index in [2.05, 4.69) is 11.8 Å². The van der Waals surface area contributed by atoms with Crippen LogP contribution in [0, 0.1) is 29.1 Å². The quantitative estimate of drug-likeness (QED) is 0.474. The first-order valence-electron chi connectivity index (χ1n) is 6.09. The standard InChI is InChI=1S/C14H20O4/c1-6-13(2,3)18-10(15)8-7-9-11(12(16)17)14(9,4)5/h9,11H,6H2,1-5H3,(H,16,17). The van der Waals surface area contributed by atoms with Gasteiger partial charge in [-0.1, -0.05) is 26.7 Å². The smallest absolute Gasteiger partial charge is 0.384 e. The highest BCUT2D eigenvalue weighted by Crippen LogP contribution is 2.57. The van der Waals surface area contributed by atoms with Gasteiger partial charge in [0.25, 0.3) is 0 Å². The summed E-state index contributed by atoms with van der Waals surface area (Å²) in [7, 11) is 0. The molecule has 0 amide bonds. The van der Waals surface area contributed by atoms with Crippen molar-refractivity contribution in [1.29, 1.82) is 0 Å². The van der Waals surface area contributed by atoms with E-state index in [4.69, 9.17) is 9.84 Å². The highest BCUT2D eigenvalue weighted by atomic mass is 16.6. The summed E-state index contributed by atoms with van der Waals surface area (Å²) in [6.45, 7) is 9.23. The number of ether oxygens (including phenoxy) is 1. The predicted octanol–water partition coefficient (Wildman–Crippen LogP) is 2.08. The molecule has 4 nitrogen and oxygen atoms in total. The van der Waals surface area contributed by atoms with E-state index in [1.54, 1.807) is 0 Å². The first-order valence-corrected chi connectivity index (χ1v) is 6.09. The summed E-state index contributed by atoms with van der Waals surface area (Å²) in [5.41, 5.74) is -0.892.